The first kappa shape index (κ1) is 25.8. The normalized spacial score (nSPS) is 10.3. The van der Waals surface area contributed by atoms with E-state index in [1.807, 2.05) is 4.90 Å². The van der Waals surface area contributed by atoms with Crippen LogP contribution in [0.4, 0.5) is 4.79 Å². The predicted molar refractivity (Wildman–Crippen MR) is 100 cm³/mol. The molecule has 0 unspecified atom stereocenters. The number of carbonyl (C=O) groups excluding carboxylic acids is 1. The van der Waals surface area contributed by atoms with Crippen molar-refractivity contribution < 1.29 is 32.1 Å². The van der Waals surface area contributed by atoms with Crippen molar-refractivity contribution in [3.8, 4) is 0 Å². The van der Waals surface area contributed by atoms with Crippen molar-refractivity contribution in [2.24, 2.45) is 0 Å². The molecule has 0 aliphatic rings. The van der Waals surface area contributed by atoms with Gasteiger partial charge in [0, 0.05) is 40.4 Å². The van der Waals surface area contributed by atoms with Gasteiger partial charge in [-0.05, 0) is 12.8 Å². The molecule has 0 heterocycles. The quantitative estimate of drug-likeness (QED) is 0.156. The fourth-order valence-electron chi connectivity index (χ4n) is 2.81. The summed E-state index contributed by atoms with van der Waals surface area (Å²) in [7, 11) is 0. The van der Waals surface area contributed by atoms with Crippen molar-refractivity contribution >= 4 is 17.9 Å². The topological polar surface area (TPSA) is 20.3 Å². The molecule has 1 amide bonds. The molecule has 2 nitrogen and oxygen atoms in total. The second-order valence-corrected chi connectivity index (χ2v) is 6.84. The second-order valence-electron chi connectivity index (χ2n) is 6.50. The molecule has 0 bridgehead atoms. The molecule has 0 aromatic rings. The summed E-state index contributed by atoms with van der Waals surface area (Å²) in [6.07, 6.45) is 18.0. The van der Waals surface area contributed by atoms with Crippen LogP contribution >= 0.6 is 0 Å². The van der Waals surface area contributed by atoms with Crippen LogP contribution in [0.3, 0.4) is 0 Å². The standard InChI is InChI=1S/C19H39NOS.Cd/c1-3-5-7-9-11-13-15-17-20(19(21)22)18-16-14-12-10-8-6-4-2;/h3-18H2,1-2H3,(H,21,22);/p-1. The second kappa shape index (κ2) is 20.7. The molecule has 0 atom stereocenters. The molecule has 134 valence electrons. The molecular formula is C19H38CdNOS-. The third-order valence-corrected chi connectivity index (χ3v) is 4.58. The molecule has 0 saturated heterocycles. The number of unbranched alkanes of at least 4 members (excludes halogenated alkanes) is 12. The zero-order chi connectivity index (χ0) is 16.5. The Labute approximate surface area is 171 Å². The van der Waals surface area contributed by atoms with Crippen molar-refractivity contribution in [2.45, 2.75) is 104 Å². The van der Waals surface area contributed by atoms with E-state index in [9.17, 15) is 4.79 Å². The fraction of sp³-hybridized carbons (Fsp3) is 0.947. The zero-order valence-corrected chi connectivity index (χ0v) is 20.6. The molecule has 0 aromatic carbocycles. The van der Waals surface area contributed by atoms with E-state index in [2.05, 4.69) is 13.8 Å². The summed E-state index contributed by atoms with van der Waals surface area (Å²) in [6.45, 7) is 6.23. The molecular weight excluding hydrogens is 403 g/mol. The number of rotatable bonds is 16. The average Bonchev–Trinajstić information content (AvgIpc) is 2.50. The largest absolute Gasteiger partial charge is 0.719 e. The van der Waals surface area contributed by atoms with Crippen LogP contribution in [0.25, 0.3) is 0 Å². The van der Waals surface area contributed by atoms with Crippen LogP contribution in [0.1, 0.15) is 104 Å². The van der Waals surface area contributed by atoms with Gasteiger partial charge in [0.05, 0.1) is 0 Å². The van der Waals surface area contributed by atoms with Crippen molar-refractivity contribution in [3.63, 3.8) is 0 Å². The summed E-state index contributed by atoms with van der Waals surface area (Å²) in [6, 6.07) is 0. The van der Waals surface area contributed by atoms with Gasteiger partial charge in [0.2, 0.25) is 0 Å². The molecule has 0 spiro atoms. The number of amides is 1. The molecule has 0 aromatic heterocycles. The van der Waals surface area contributed by atoms with Gasteiger partial charge in [-0.1, -0.05) is 90.9 Å². The number of nitrogens with zero attached hydrogens (tertiary/aromatic N) is 1. The van der Waals surface area contributed by atoms with E-state index in [-0.39, 0.29) is 32.5 Å². The van der Waals surface area contributed by atoms with Crippen LogP contribution in [0, 0.1) is 0 Å². The SMILES string of the molecule is CCCCCCCCCN(CCCCCCCCC)C(=O)[S-].[Cd]. The Bertz CT molecular complexity index is 234. The van der Waals surface area contributed by atoms with Gasteiger partial charge in [0.15, 0.2) is 0 Å². The average molecular weight is 441 g/mol. The van der Waals surface area contributed by atoms with E-state index in [1.165, 1.54) is 77.0 Å². The van der Waals surface area contributed by atoms with E-state index >= 15 is 0 Å². The summed E-state index contributed by atoms with van der Waals surface area (Å²) in [5.41, 5.74) is 0. The van der Waals surface area contributed by atoms with Crippen LogP contribution in [0.5, 0.6) is 0 Å². The molecule has 0 saturated carbocycles. The van der Waals surface area contributed by atoms with Crippen molar-refractivity contribution in [3.05, 3.63) is 0 Å². The molecule has 0 aliphatic carbocycles. The minimum Gasteiger partial charge on any atom is -0.719 e. The fourth-order valence-corrected chi connectivity index (χ4v) is 3.00. The third-order valence-electron chi connectivity index (χ3n) is 4.32. The molecule has 0 aliphatic heterocycles. The molecule has 0 rings (SSSR count). The van der Waals surface area contributed by atoms with E-state index in [4.69, 9.17) is 12.6 Å². The van der Waals surface area contributed by atoms with Crippen molar-refractivity contribution in [2.75, 3.05) is 13.1 Å². The Balaban J connectivity index is 0. The zero-order valence-electron chi connectivity index (χ0n) is 15.8. The van der Waals surface area contributed by atoms with Gasteiger partial charge >= 0.3 is 0 Å². The minimum atomic E-state index is -0.156. The van der Waals surface area contributed by atoms with Crippen LogP contribution in [0.2, 0.25) is 0 Å². The number of hydrogen-bond acceptors (Lipinski definition) is 2. The minimum absolute atomic E-state index is 0. The monoisotopic (exact) mass is 442 g/mol. The van der Waals surface area contributed by atoms with E-state index in [0.29, 0.717) is 0 Å². The first-order valence-electron chi connectivity index (χ1n) is 9.68. The van der Waals surface area contributed by atoms with Gasteiger partial charge < -0.3 is 22.3 Å². The van der Waals surface area contributed by atoms with Crippen molar-refractivity contribution in [1.82, 2.24) is 4.90 Å². The summed E-state index contributed by atoms with van der Waals surface area (Å²) in [5.74, 6) is 0. The maximum atomic E-state index is 11.5. The Morgan fingerprint density at radius 1 is 0.652 bits per heavy atom. The molecule has 23 heavy (non-hydrogen) atoms. The van der Waals surface area contributed by atoms with E-state index in [0.717, 1.165) is 25.9 Å². The van der Waals surface area contributed by atoms with Gasteiger partial charge in [-0.3, -0.25) is 0 Å². The van der Waals surface area contributed by atoms with Crippen LogP contribution in [-0.2, 0) is 39.9 Å². The summed E-state index contributed by atoms with van der Waals surface area (Å²) in [5, 5.41) is -0.156. The van der Waals surface area contributed by atoms with Crippen LogP contribution in [-0.4, -0.2) is 23.2 Å². The van der Waals surface area contributed by atoms with Gasteiger partial charge in [-0.2, -0.15) is 0 Å². The third kappa shape index (κ3) is 18.8. The van der Waals surface area contributed by atoms with Crippen molar-refractivity contribution in [1.29, 1.82) is 0 Å². The molecule has 0 N–H and O–H groups in total. The Hall–Kier alpha value is 0.612. The predicted octanol–water partition coefficient (Wildman–Crippen LogP) is 6.45. The number of hydrogen-bond donors (Lipinski definition) is 0. The first-order valence-corrected chi connectivity index (χ1v) is 10.1. The molecule has 0 fully saturated rings. The smallest absolute Gasteiger partial charge is 0.101 e. The summed E-state index contributed by atoms with van der Waals surface area (Å²) in [4.78, 5) is 13.4. The number of carbonyl (C=O) groups is 1. The van der Waals surface area contributed by atoms with Gasteiger partial charge in [-0.15, -0.1) is 0 Å². The maximum Gasteiger partial charge on any atom is 0.101 e. The Kier molecular flexibility index (Phi) is 23.2. The van der Waals surface area contributed by atoms with Crippen LogP contribution < -0.4 is 0 Å². The van der Waals surface area contributed by atoms with Gasteiger partial charge in [-0.25, -0.2) is 0 Å². The maximum absolute atomic E-state index is 11.5. The van der Waals surface area contributed by atoms with Gasteiger partial charge in [0.1, 0.15) is 5.24 Å². The van der Waals surface area contributed by atoms with Gasteiger partial charge in [0.25, 0.3) is 0 Å². The molecule has 0 radical (unpaired) electrons. The Morgan fingerprint density at radius 3 is 1.26 bits per heavy atom. The summed E-state index contributed by atoms with van der Waals surface area (Å²) >= 11 is 4.86. The Morgan fingerprint density at radius 2 is 0.957 bits per heavy atom. The van der Waals surface area contributed by atoms with E-state index < -0.39 is 0 Å². The van der Waals surface area contributed by atoms with Crippen LogP contribution in [0.15, 0.2) is 0 Å². The molecule has 4 heteroatoms. The van der Waals surface area contributed by atoms with E-state index in [1.54, 1.807) is 0 Å². The first-order chi connectivity index (χ1) is 10.7. The summed E-state index contributed by atoms with van der Waals surface area (Å²) < 4.78 is 0.